The van der Waals surface area contributed by atoms with Gasteiger partial charge in [-0.2, -0.15) is 0 Å². The number of Topliss-reactive ketones (excluding diaryl/α,β-unsaturated/α-hetero) is 1. The highest BCUT2D eigenvalue weighted by atomic mass is 127. The summed E-state index contributed by atoms with van der Waals surface area (Å²) in [5.74, 6) is -0.631. The lowest BCUT2D eigenvalue weighted by atomic mass is 10.0. The normalized spacial score (nSPS) is 10.5. The topological polar surface area (TPSA) is 17.1 Å². The van der Waals surface area contributed by atoms with Crippen molar-refractivity contribution in [1.29, 1.82) is 0 Å². The highest BCUT2D eigenvalue weighted by Gasteiger charge is 2.12. The quantitative estimate of drug-likeness (QED) is 0.506. The third-order valence-corrected chi connectivity index (χ3v) is 4.41. The van der Waals surface area contributed by atoms with Gasteiger partial charge in [-0.3, -0.25) is 4.79 Å². The molecule has 0 aromatic heterocycles. The second kappa shape index (κ2) is 6.20. The lowest BCUT2D eigenvalue weighted by molar-refractivity contribution is 0.0992. The number of hydrogen-bond donors (Lipinski definition) is 0. The van der Waals surface area contributed by atoms with Crippen LogP contribution in [-0.4, -0.2) is 5.78 Å². The van der Waals surface area contributed by atoms with Gasteiger partial charge in [0.15, 0.2) is 5.78 Å². The van der Waals surface area contributed by atoms with Gasteiger partial charge in [0.05, 0.1) is 5.02 Å². The first-order chi connectivity index (χ1) is 8.97. The molecule has 0 heterocycles. The van der Waals surface area contributed by atoms with Crippen LogP contribution in [0.2, 0.25) is 10.0 Å². The van der Waals surface area contributed by atoms with Gasteiger partial charge >= 0.3 is 0 Å². The summed E-state index contributed by atoms with van der Waals surface area (Å²) in [6, 6.07) is 9.19. The molecule has 2 aromatic rings. The highest BCUT2D eigenvalue weighted by Crippen LogP contribution is 2.22. The van der Waals surface area contributed by atoms with Crippen molar-refractivity contribution in [2.45, 2.75) is 6.42 Å². The van der Waals surface area contributed by atoms with E-state index in [2.05, 4.69) is 22.6 Å². The molecule has 0 amide bonds. The lowest BCUT2D eigenvalue weighted by Crippen LogP contribution is -2.05. The molecule has 0 aliphatic heterocycles. The van der Waals surface area contributed by atoms with Gasteiger partial charge in [0.1, 0.15) is 5.82 Å². The molecule has 19 heavy (non-hydrogen) atoms. The number of benzene rings is 2. The molecule has 0 aliphatic carbocycles. The van der Waals surface area contributed by atoms with E-state index in [4.69, 9.17) is 23.2 Å². The monoisotopic (exact) mass is 408 g/mol. The summed E-state index contributed by atoms with van der Waals surface area (Å²) in [4.78, 5) is 12.1. The minimum atomic E-state index is -0.436. The molecule has 0 unspecified atom stereocenters. The van der Waals surface area contributed by atoms with Gasteiger partial charge < -0.3 is 0 Å². The first-order valence-electron chi connectivity index (χ1n) is 5.39. The van der Waals surface area contributed by atoms with Crippen LogP contribution in [0, 0.1) is 9.39 Å². The maximum Gasteiger partial charge on any atom is 0.167 e. The Morgan fingerprint density at radius 3 is 2.58 bits per heavy atom. The van der Waals surface area contributed by atoms with Gasteiger partial charge in [0, 0.05) is 20.6 Å². The van der Waals surface area contributed by atoms with Crippen molar-refractivity contribution in [2.75, 3.05) is 0 Å². The maximum absolute atomic E-state index is 13.6. The number of hydrogen-bond acceptors (Lipinski definition) is 1. The molecule has 0 fully saturated rings. The van der Waals surface area contributed by atoms with Crippen molar-refractivity contribution in [3.63, 3.8) is 0 Å². The number of ketones is 1. The van der Waals surface area contributed by atoms with E-state index in [1.807, 2.05) is 0 Å². The molecule has 0 aliphatic rings. The average molecular weight is 409 g/mol. The van der Waals surface area contributed by atoms with E-state index >= 15 is 0 Å². The zero-order valence-corrected chi connectivity index (χ0v) is 13.3. The molecular formula is C14H8Cl2FIO. The van der Waals surface area contributed by atoms with E-state index in [0.717, 1.165) is 3.57 Å². The van der Waals surface area contributed by atoms with E-state index in [1.165, 1.54) is 18.2 Å². The first-order valence-corrected chi connectivity index (χ1v) is 7.23. The zero-order chi connectivity index (χ0) is 14.0. The van der Waals surface area contributed by atoms with Crippen LogP contribution in [0.1, 0.15) is 15.9 Å². The molecule has 0 bridgehead atoms. The smallest absolute Gasteiger partial charge is 0.167 e. The Kier molecular flexibility index (Phi) is 4.81. The molecule has 0 spiro atoms. The molecule has 2 rings (SSSR count). The predicted molar refractivity (Wildman–Crippen MR) is 83.6 cm³/mol. The van der Waals surface area contributed by atoms with Crippen molar-refractivity contribution in [3.05, 3.63) is 67.0 Å². The summed E-state index contributed by atoms with van der Waals surface area (Å²) in [5.41, 5.74) is 0.747. The van der Waals surface area contributed by atoms with Gasteiger partial charge in [-0.1, -0.05) is 29.3 Å². The Bertz CT molecular complexity index is 643. The Balaban J connectivity index is 2.25. The third-order valence-electron chi connectivity index (χ3n) is 2.60. The molecule has 2 aromatic carbocycles. The van der Waals surface area contributed by atoms with Crippen LogP contribution in [0.4, 0.5) is 4.39 Å². The number of rotatable bonds is 3. The van der Waals surface area contributed by atoms with Crippen molar-refractivity contribution in [3.8, 4) is 0 Å². The fraction of sp³-hybridized carbons (Fsp3) is 0.0714. The van der Waals surface area contributed by atoms with Crippen LogP contribution in [-0.2, 0) is 6.42 Å². The summed E-state index contributed by atoms with van der Waals surface area (Å²) in [6.45, 7) is 0. The lowest BCUT2D eigenvalue weighted by Gasteiger charge is -2.05. The summed E-state index contributed by atoms with van der Waals surface area (Å²) in [5, 5.41) is 0.919. The van der Waals surface area contributed by atoms with Crippen molar-refractivity contribution >= 4 is 51.6 Å². The average Bonchev–Trinajstić information content (AvgIpc) is 2.37. The fourth-order valence-corrected chi connectivity index (χ4v) is 2.33. The number of halogens is 4. The summed E-state index contributed by atoms with van der Waals surface area (Å²) in [6.07, 6.45) is -0.0384. The van der Waals surface area contributed by atoms with Crippen molar-refractivity contribution in [1.82, 2.24) is 0 Å². The molecule has 0 radical (unpaired) electrons. The van der Waals surface area contributed by atoms with Gasteiger partial charge in [-0.25, -0.2) is 4.39 Å². The summed E-state index contributed by atoms with van der Waals surface area (Å²) < 4.78 is 14.4. The van der Waals surface area contributed by atoms with Gasteiger partial charge in [0.25, 0.3) is 0 Å². The Labute approximate surface area is 133 Å². The second-order valence-electron chi connectivity index (χ2n) is 3.96. The maximum atomic E-state index is 13.6. The standard InChI is InChI=1S/C14H8Cl2FIO/c15-10-2-3-12(17)9(5-10)7-14(19)8-1-4-13(18)11(16)6-8/h1-6H,7H2. The predicted octanol–water partition coefficient (Wildman–Crippen LogP) is 5.16. The number of carbonyl (C=O) groups excluding carboxylic acids is 1. The fourth-order valence-electron chi connectivity index (χ4n) is 1.62. The van der Waals surface area contributed by atoms with Gasteiger partial charge in [-0.15, -0.1) is 0 Å². The van der Waals surface area contributed by atoms with E-state index in [-0.39, 0.29) is 17.8 Å². The molecule has 0 atom stereocenters. The Morgan fingerprint density at radius 2 is 1.89 bits per heavy atom. The van der Waals surface area contributed by atoms with E-state index in [0.29, 0.717) is 15.6 Å². The van der Waals surface area contributed by atoms with Crippen LogP contribution in [0.15, 0.2) is 36.4 Å². The van der Waals surface area contributed by atoms with E-state index in [9.17, 15) is 9.18 Å². The molecule has 1 nitrogen and oxygen atoms in total. The molecule has 0 saturated heterocycles. The van der Waals surface area contributed by atoms with Crippen LogP contribution >= 0.6 is 45.8 Å². The van der Waals surface area contributed by atoms with Gasteiger partial charge in [-0.05, 0) is 58.5 Å². The molecule has 5 heteroatoms. The van der Waals surface area contributed by atoms with E-state index < -0.39 is 5.82 Å². The SMILES string of the molecule is O=C(Cc1cc(Cl)ccc1F)c1ccc(I)c(Cl)c1. The Hall–Kier alpha value is -0.650. The molecule has 0 N–H and O–H groups in total. The Morgan fingerprint density at radius 1 is 1.16 bits per heavy atom. The van der Waals surface area contributed by atoms with Crippen LogP contribution in [0.3, 0.4) is 0 Å². The highest BCUT2D eigenvalue weighted by molar-refractivity contribution is 14.1. The first kappa shape index (κ1) is 14.8. The third kappa shape index (κ3) is 3.68. The van der Waals surface area contributed by atoms with Crippen molar-refractivity contribution < 1.29 is 9.18 Å². The second-order valence-corrected chi connectivity index (χ2v) is 5.97. The summed E-state index contributed by atoms with van der Waals surface area (Å²) >= 11 is 13.8. The zero-order valence-electron chi connectivity index (χ0n) is 9.59. The molecule has 98 valence electrons. The summed E-state index contributed by atoms with van der Waals surface area (Å²) in [7, 11) is 0. The largest absolute Gasteiger partial charge is 0.294 e. The van der Waals surface area contributed by atoms with Gasteiger partial charge in [0.2, 0.25) is 0 Å². The molecular weight excluding hydrogens is 401 g/mol. The minimum absolute atomic E-state index is 0.0384. The van der Waals surface area contributed by atoms with Crippen molar-refractivity contribution in [2.24, 2.45) is 0 Å². The molecule has 0 saturated carbocycles. The van der Waals surface area contributed by atoms with Crippen LogP contribution in [0.25, 0.3) is 0 Å². The van der Waals surface area contributed by atoms with Crippen LogP contribution < -0.4 is 0 Å². The number of carbonyl (C=O) groups is 1. The van der Waals surface area contributed by atoms with E-state index in [1.54, 1.807) is 18.2 Å². The van der Waals surface area contributed by atoms with Crippen LogP contribution in [0.5, 0.6) is 0 Å². The minimum Gasteiger partial charge on any atom is -0.294 e.